The molecule has 0 radical (unpaired) electrons. The van der Waals surface area contributed by atoms with E-state index in [1.165, 1.54) is 25.7 Å². The molecule has 0 aromatic heterocycles. The summed E-state index contributed by atoms with van der Waals surface area (Å²) in [5.41, 5.74) is 0.444. The van der Waals surface area contributed by atoms with E-state index in [2.05, 4.69) is 6.92 Å². The van der Waals surface area contributed by atoms with Crippen molar-refractivity contribution in [2.75, 3.05) is 0 Å². The van der Waals surface area contributed by atoms with Gasteiger partial charge in [0.1, 0.15) is 0 Å². The summed E-state index contributed by atoms with van der Waals surface area (Å²) >= 11 is 0. The van der Waals surface area contributed by atoms with E-state index >= 15 is 0 Å². The van der Waals surface area contributed by atoms with E-state index in [4.69, 9.17) is 14.2 Å². The van der Waals surface area contributed by atoms with Gasteiger partial charge in [0.05, 0.1) is 18.3 Å². The highest BCUT2D eigenvalue weighted by Crippen LogP contribution is 2.37. The van der Waals surface area contributed by atoms with E-state index in [-0.39, 0.29) is 24.2 Å². The zero-order valence-corrected chi connectivity index (χ0v) is 22.4. The lowest BCUT2D eigenvalue weighted by atomic mass is 9.91. The highest BCUT2D eigenvalue weighted by molar-refractivity contribution is 5.19. The molecule has 0 spiro atoms. The van der Waals surface area contributed by atoms with E-state index in [1.54, 1.807) is 0 Å². The first-order chi connectivity index (χ1) is 16.0. The molecule has 34 heavy (non-hydrogen) atoms. The van der Waals surface area contributed by atoms with Crippen molar-refractivity contribution in [2.45, 2.75) is 137 Å². The summed E-state index contributed by atoms with van der Waals surface area (Å²) in [5, 5.41) is 0. The first-order valence-electron chi connectivity index (χ1n) is 13.2. The molecule has 0 aliphatic heterocycles. The van der Waals surface area contributed by atoms with Gasteiger partial charge in [-0.05, 0) is 84.9 Å². The number of halogens is 3. The van der Waals surface area contributed by atoms with Crippen LogP contribution in [-0.2, 0) is 20.6 Å². The Kier molecular flexibility index (Phi) is 14.4. The summed E-state index contributed by atoms with van der Waals surface area (Å²) in [6.45, 7) is 14.0. The molecule has 198 valence electrons. The quantitative estimate of drug-likeness (QED) is 0.117. The lowest BCUT2D eigenvalue weighted by Gasteiger charge is -2.43. The Hall–Kier alpha value is -1.11. The van der Waals surface area contributed by atoms with Crippen molar-refractivity contribution >= 4 is 0 Å². The summed E-state index contributed by atoms with van der Waals surface area (Å²) in [7, 11) is 0. The Bertz CT molecular complexity index is 642. The third kappa shape index (κ3) is 11.1. The maximum atomic E-state index is 13.7. The van der Waals surface area contributed by atoms with Crippen LogP contribution >= 0.6 is 0 Å². The number of ether oxygens (including phenoxy) is 3. The molecule has 0 heterocycles. The lowest BCUT2D eigenvalue weighted by Crippen LogP contribution is -2.51. The number of hydrogen-bond acceptors (Lipinski definition) is 3. The average molecular weight is 489 g/mol. The van der Waals surface area contributed by atoms with Crippen LogP contribution in [0.15, 0.2) is 12.1 Å². The Morgan fingerprint density at radius 1 is 0.676 bits per heavy atom. The fourth-order valence-electron chi connectivity index (χ4n) is 4.33. The number of unbranched alkanes of at least 4 members (excludes halogenated alkanes) is 5. The molecule has 0 N–H and O–H groups in total. The zero-order chi connectivity index (χ0) is 25.7. The van der Waals surface area contributed by atoms with Gasteiger partial charge in [-0.15, -0.1) is 0 Å². The predicted octanol–water partition coefficient (Wildman–Crippen LogP) is 8.72. The molecule has 1 aromatic carbocycles. The van der Waals surface area contributed by atoms with Gasteiger partial charge in [0.15, 0.2) is 17.5 Å². The molecule has 6 heteroatoms. The molecule has 0 saturated carbocycles. The molecule has 0 fully saturated rings. The van der Waals surface area contributed by atoms with Gasteiger partial charge in [0.2, 0.25) is 0 Å². The van der Waals surface area contributed by atoms with Gasteiger partial charge in [0, 0.05) is 5.92 Å². The van der Waals surface area contributed by atoms with Crippen LogP contribution < -0.4 is 0 Å². The molecule has 0 bridgehead atoms. The van der Waals surface area contributed by atoms with Crippen LogP contribution in [0.1, 0.15) is 112 Å². The number of benzene rings is 1. The molecule has 3 nitrogen and oxygen atoms in total. The SMILES string of the molecule is CCCCCCCCC(CCCc1cc(F)c(F)c(F)c1)C(OC(C)C)(OC(C)C)OC(C)C. The first-order valence-corrected chi connectivity index (χ1v) is 13.2. The van der Waals surface area contributed by atoms with Crippen LogP contribution in [0.3, 0.4) is 0 Å². The highest BCUT2D eigenvalue weighted by Gasteiger charge is 2.44. The fourth-order valence-corrected chi connectivity index (χ4v) is 4.33. The second kappa shape index (κ2) is 15.8. The Balaban J connectivity index is 3.05. The molecule has 1 unspecified atom stereocenters. The Morgan fingerprint density at radius 2 is 1.12 bits per heavy atom. The molecular formula is C28H47F3O3. The molecule has 1 aromatic rings. The fraction of sp³-hybridized carbons (Fsp3) is 0.786. The highest BCUT2D eigenvalue weighted by atomic mass is 19.2. The summed E-state index contributed by atoms with van der Waals surface area (Å²) in [6, 6.07) is 2.16. The minimum Gasteiger partial charge on any atom is -0.324 e. The van der Waals surface area contributed by atoms with Gasteiger partial charge in [-0.25, -0.2) is 13.2 Å². The monoisotopic (exact) mass is 488 g/mol. The standard InChI is InChI=1S/C28H47F3O3/c1-8-9-10-11-12-13-16-24(17-14-15-23-18-25(29)27(31)26(30)19-23)28(32-20(2)3,33-21(4)5)34-22(6)7/h18-22,24H,8-17H2,1-7H3. The second-order valence-electron chi connectivity index (χ2n) is 10.1. The van der Waals surface area contributed by atoms with Gasteiger partial charge in [-0.2, -0.15) is 0 Å². The minimum absolute atomic E-state index is 0.0546. The van der Waals surface area contributed by atoms with E-state index < -0.39 is 23.4 Å². The number of aryl methyl sites for hydroxylation is 1. The van der Waals surface area contributed by atoms with Crippen molar-refractivity contribution in [3.8, 4) is 0 Å². The molecule has 1 atom stereocenters. The third-order valence-corrected chi connectivity index (χ3v) is 5.67. The van der Waals surface area contributed by atoms with Gasteiger partial charge in [-0.1, -0.05) is 45.4 Å². The van der Waals surface area contributed by atoms with Crippen molar-refractivity contribution in [3.05, 3.63) is 35.1 Å². The predicted molar refractivity (Wildman–Crippen MR) is 132 cm³/mol. The molecule has 1 rings (SSSR count). The van der Waals surface area contributed by atoms with Crippen molar-refractivity contribution in [3.63, 3.8) is 0 Å². The first kappa shape index (κ1) is 30.9. The summed E-state index contributed by atoms with van der Waals surface area (Å²) < 4.78 is 59.7. The maximum Gasteiger partial charge on any atom is 0.286 e. The van der Waals surface area contributed by atoms with Crippen LogP contribution in [-0.4, -0.2) is 24.3 Å². The van der Waals surface area contributed by atoms with Crippen molar-refractivity contribution in [2.24, 2.45) is 5.92 Å². The summed E-state index contributed by atoms with van der Waals surface area (Å²) in [4.78, 5) is 0. The molecule has 0 aliphatic rings. The van der Waals surface area contributed by atoms with Gasteiger partial charge in [0.25, 0.3) is 5.97 Å². The van der Waals surface area contributed by atoms with E-state index in [9.17, 15) is 13.2 Å². The van der Waals surface area contributed by atoms with E-state index in [0.29, 0.717) is 24.8 Å². The van der Waals surface area contributed by atoms with E-state index in [0.717, 1.165) is 31.4 Å². The van der Waals surface area contributed by atoms with Crippen LogP contribution in [0.25, 0.3) is 0 Å². The van der Waals surface area contributed by atoms with Gasteiger partial charge in [-0.3, -0.25) is 0 Å². The van der Waals surface area contributed by atoms with Crippen LogP contribution in [0.5, 0.6) is 0 Å². The normalized spacial score (nSPS) is 13.4. The van der Waals surface area contributed by atoms with Crippen LogP contribution in [0.4, 0.5) is 13.2 Å². The van der Waals surface area contributed by atoms with Crippen LogP contribution in [0.2, 0.25) is 0 Å². The summed E-state index contributed by atoms with van der Waals surface area (Å²) in [6.07, 6.45) is 9.38. The van der Waals surface area contributed by atoms with Crippen LogP contribution in [0, 0.1) is 23.4 Å². The Labute approximate surface area is 205 Å². The molecule has 0 aliphatic carbocycles. The smallest absolute Gasteiger partial charge is 0.286 e. The largest absolute Gasteiger partial charge is 0.324 e. The Morgan fingerprint density at radius 3 is 1.59 bits per heavy atom. The van der Waals surface area contributed by atoms with Crippen molar-refractivity contribution in [1.82, 2.24) is 0 Å². The van der Waals surface area contributed by atoms with Gasteiger partial charge >= 0.3 is 0 Å². The topological polar surface area (TPSA) is 27.7 Å². The molecule has 0 saturated heterocycles. The second-order valence-corrected chi connectivity index (χ2v) is 10.1. The summed E-state index contributed by atoms with van der Waals surface area (Å²) in [5.74, 6) is -4.98. The number of rotatable bonds is 18. The maximum absolute atomic E-state index is 13.7. The van der Waals surface area contributed by atoms with Crippen molar-refractivity contribution in [1.29, 1.82) is 0 Å². The lowest BCUT2D eigenvalue weighted by molar-refractivity contribution is -0.433. The third-order valence-electron chi connectivity index (χ3n) is 5.67. The average Bonchev–Trinajstić information content (AvgIpc) is 2.71. The zero-order valence-electron chi connectivity index (χ0n) is 22.4. The molecule has 0 amide bonds. The number of hydrogen-bond donors (Lipinski definition) is 0. The minimum atomic E-state index is -1.43. The van der Waals surface area contributed by atoms with Gasteiger partial charge < -0.3 is 14.2 Å². The van der Waals surface area contributed by atoms with Crippen molar-refractivity contribution < 1.29 is 27.4 Å². The van der Waals surface area contributed by atoms with E-state index in [1.807, 2.05) is 41.5 Å². The molecular weight excluding hydrogens is 441 g/mol.